The second kappa shape index (κ2) is 6.01. The van der Waals surface area contributed by atoms with E-state index in [0.717, 1.165) is 17.2 Å². The molecule has 0 fully saturated rings. The zero-order chi connectivity index (χ0) is 14.7. The molecular formula is C16H17F2NO. The summed E-state index contributed by atoms with van der Waals surface area (Å²) in [7, 11) is 0. The van der Waals surface area contributed by atoms with Crippen LogP contribution in [0.4, 0.5) is 8.78 Å². The Morgan fingerprint density at radius 2 is 1.90 bits per heavy atom. The largest absolute Gasteiger partial charge is 0.489 e. The van der Waals surface area contributed by atoms with Crippen LogP contribution in [0.3, 0.4) is 0 Å². The highest BCUT2D eigenvalue weighted by atomic mass is 19.1. The summed E-state index contributed by atoms with van der Waals surface area (Å²) in [6.45, 7) is 3.87. The number of ether oxygens (including phenoxy) is 1. The van der Waals surface area contributed by atoms with Crippen LogP contribution in [-0.2, 0) is 6.61 Å². The van der Waals surface area contributed by atoms with Crippen LogP contribution in [0, 0.1) is 18.6 Å². The van der Waals surface area contributed by atoms with Crippen LogP contribution in [0.15, 0.2) is 36.4 Å². The molecule has 0 heterocycles. The molecular weight excluding hydrogens is 260 g/mol. The SMILES string of the molecule is Cc1cc([C@@H](C)N)ccc1OCc1ccc(F)cc1F. The van der Waals surface area contributed by atoms with Gasteiger partial charge in [0.1, 0.15) is 24.0 Å². The van der Waals surface area contributed by atoms with E-state index in [2.05, 4.69) is 0 Å². The van der Waals surface area contributed by atoms with E-state index in [1.807, 2.05) is 32.0 Å². The quantitative estimate of drug-likeness (QED) is 0.920. The standard InChI is InChI=1S/C16H17F2NO/c1-10-7-12(11(2)19)4-6-16(10)20-9-13-3-5-14(17)8-15(13)18/h3-8,11H,9,19H2,1-2H3/t11-/m1/s1. The van der Waals surface area contributed by atoms with Gasteiger partial charge in [0, 0.05) is 17.7 Å². The van der Waals surface area contributed by atoms with Gasteiger partial charge in [-0.25, -0.2) is 8.78 Å². The molecule has 0 bridgehead atoms. The summed E-state index contributed by atoms with van der Waals surface area (Å²) in [6.07, 6.45) is 0. The molecule has 2 nitrogen and oxygen atoms in total. The van der Waals surface area contributed by atoms with Gasteiger partial charge in [0.25, 0.3) is 0 Å². The molecule has 2 aromatic carbocycles. The van der Waals surface area contributed by atoms with Gasteiger partial charge in [-0.2, -0.15) is 0 Å². The molecule has 0 saturated carbocycles. The lowest BCUT2D eigenvalue weighted by Crippen LogP contribution is -2.06. The van der Waals surface area contributed by atoms with Crippen molar-refractivity contribution in [2.75, 3.05) is 0 Å². The summed E-state index contributed by atoms with van der Waals surface area (Å²) in [4.78, 5) is 0. The molecule has 2 aromatic rings. The first kappa shape index (κ1) is 14.5. The van der Waals surface area contributed by atoms with Crippen molar-refractivity contribution < 1.29 is 13.5 Å². The third-order valence-electron chi connectivity index (χ3n) is 3.12. The van der Waals surface area contributed by atoms with E-state index in [-0.39, 0.29) is 12.6 Å². The second-order valence-electron chi connectivity index (χ2n) is 4.84. The smallest absolute Gasteiger partial charge is 0.132 e. The topological polar surface area (TPSA) is 35.2 Å². The van der Waals surface area contributed by atoms with Gasteiger partial charge < -0.3 is 10.5 Å². The average Bonchev–Trinajstić information content (AvgIpc) is 2.38. The first-order chi connectivity index (χ1) is 9.47. The highest BCUT2D eigenvalue weighted by Crippen LogP contribution is 2.23. The van der Waals surface area contributed by atoms with Crippen molar-refractivity contribution in [2.24, 2.45) is 5.73 Å². The van der Waals surface area contributed by atoms with Gasteiger partial charge in [-0.1, -0.05) is 12.1 Å². The Morgan fingerprint density at radius 3 is 2.50 bits per heavy atom. The van der Waals surface area contributed by atoms with Crippen molar-refractivity contribution >= 4 is 0 Å². The predicted octanol–water partition coefficient (Wildman–Crippen LogP) is 3.87. The zero-order valence-corrected chi connectivity index (χ0v) is 11.5. The first-order valence-corrected chi connectivity index (χ1v) is 6.40. The minimum atomic E-state index is -0.602. The lowest BCUT2D eigenvalue weighted by molar-refractivity contribution is 0.297. The van der Waals surface area contributed by atoms with Gasteiger partial charge in [-0.05, 0) is 43.2 Å². The molecule has 1 atom stereocenters. The number of halogens is 2. The Morgan fingerprint density at radius 1 is 1.15 bits per heavy atom. The van der Waals surface area contributed by atoms with Crippen molar-refractivity contribution in [1.82, 2.24) is 0 Å². The van der Waals surface area contributed by atoms with Crippen LogP contribution >= 0.6 is 0 Å². The molecule has 0 spiro atoms. The van der Waals surface area contributed by atoms with Gasteiger partial charge in [-0.3, -0.25) is 0 Å². The molecule has 0 saturated heterocycles. The van der Waals surface area contributed by atoms with E-state index >= 15 is 0 Å². The maximum absolute atomic E-state index is 13.5. The lowest BCUT2D eigenvalue weighted by Gasteiger charge is -2.12. The van der Waals surface area contributed by atoms with Crippen LogP contribution in [0.5, 0.6) is 5.75 Å². The fourth-order valence-corrected chi connectivity index (χ4v) is 1.91. The molecule has 106 valence electrons. The summed E-state index contributed by atoms with van der Waals surface area (Å²) in [6, 6.07) is 9.05. The maximum atomic E-state index is 13.5. The predicted molar refractivity (Wildman–Crippen MR) is 74.5 cm³/mol. The van der Waals surface area contributed by atoms with E-state index in [9.17, 15) is 8.78 Å². The van der Waals surface area contributed by atoms with E-state index in [0.29, 0.717) is 11.3 Å². The van der Waals surface area contributed by atoms with E-state index < -0.39 is 11.6 Å². The molecule has 0 aliphatic carbocycles. The molecule has 0 radical (unpaired) electrons. The molecule has 0 aliphatic rings. The minimum absolute atomic E-state index is 0.0442. The van der Waals surface area contributed by atoms with Gasteiger partial charge in [0.15, 0.2) is 0 Å². The number of aryl methyl sites for hydroxylation is 1. The van der Waals surface area contributed by atoms with Gasteiger partial charge in [0.05, 0.1) is 0 Å². The third-order valence-corrected chi connectivity index (χ3v) is 3.12. The van der Waals surface area contributed by atoms with Crippen molar-refractivity contribution in [3.63, 3.8) is 0 Å². The van der Waals surface area contributed by atoms with E-state index in [1.54, 1.807) is 0 Å². The Balaban J connectivity index is 2.11. The monoisotopic (exact) mass is 277 g/mol. The average molecular weight is 277 g/mol. The fourth-order valence-electron chi connectivity index (χ4n) is 1.91. The summed E-state index contributed by atoms with van der Waals surface area (Å²) in [5.41, 5.74) is 8.08. The highest BCUT2D eigenvalue weighted by molar-refractivity contribution is 5.37. The van der Waals surface area contributed by atoms with Crippen LogP contribution in [0.1, 0.15) is 29.7 Å². The molecule has 2 rings (SSSR count). The van der Waals surface area contributed by atoms with Crippen LogP contribution in [0.2, 0.25) is 0 Å². The molecule has 0 aliphatic heterocycles. The fraction of sp³-hybridized carbons (Fsp3) is 0.250. The van der Waals surface area contributed by atoms with Crippen molar-refractivity contribution in [2.45, 2.75) is 26.5 Å². The summed E-state index contributed by atoms with van der Waals surface area (Å²) < 4.78 is 31.9. The molecule has 0 aromatic heterocycles. The molecule has 20 heavy (non-hydrogen) atoms. The normalized spacial score (nSPS) is 12.2. The summed E-state index contributed by atoms with van der Waals surface area (Å²) in [5.74, 6) is -0.531. The Hall–Kier alpha value is -1.94. The van der Waals surface area contributed by atoms with E-state index in [1.165, 1.54) is 12.1 Å². The van der Waals surface area contributed by atoms with Crippen LogP contribution < -0.4 is 10.5 Å². The number of hydrogen-bond donors (Lipinski definition) is 1. The molecule has 4 heteroatoms. The third kappa shape index (κ3) is 3.33. The second-order valence-corrected chi connectivity index (χ2v) is 4.84. The van der Waals surface area contributed by atoms with Crippen molar-refractivity contribution in [3.8, 4) is 5.75 Å². The molecule has 0 unspecified atom stereocenters. The summed E-state index contributed by atoms with van der Waals surface area (Å²) >= 11 is 0. The molecule has 2 N–H and O–H groups in total. The summed E-state index contributed by atoms with van der Waals surface area (Å²) in [5, 5.41) is 0. The Kier molecular flexibility index (Phi) is 4.35. The van der Waals surface area contributed by atoms with Crippen molar-refractivity contribution in [3.05, 3.63) is 64.7 Å². The number of rotatable bonds is 4. The lowest BCUT2D eigenvalue weighted by atomic mass is 10.1. The zero-order valence-electron chi connectivity index (χ0n) is 11.5. The van der Waals surface area contributed by atoms with Crippen LogP contribution in [0.25, 0.3) is 0 Å². The number of benzene rings is 2. The number of nitrogens with two attached hydrogens (primary N) is 1. The number of hydrogen-bond acceptors (Lipinski definition) is 2. The van der Waals surface area contributed by atoms with Crippen LogP contribution in [-0.4, -0.2) is 0 Å². The maximum Gasteiger partial charge on any atom is 0.132 e. The van der Waals surface area contributed by atoms with Gasteiger partial charge >= 0.3 is 0 Å². The molecule has 0 amide bonds. The van der Waals surface area contributed by atoms with Crippen molar-refractivity contribution in [1.29, 1.82) is 0 Å². The Labute approximate surface area is 117 Å². The van der Waals surface area contributed by atoms with Gasteiger partial charge in [-0.15, -0.1) is 0 Å². The Bertz CT molecular complexity index is 611. The highest BCUT2D eigenvalue weighted by Gasteiger charge is 2.07. The van der Waals surface area contributed by atoms with E-state index in [4.69, 9.17) is 10.5 Å². The van der Waals surface area contributed by atoms with Gasteiger partial charge in [0.2, 0.25) is 0 Å². The first-order valence-electron chi connectivity index (χ1n) is 6.40. The minimum Gasteiger partial charge on any atom is -0.489 e.